The Hall–Kier alpha value is -1.66. The quantitative estimate of drug-likeness (QED) is 0.829. The van der Waals surface area contributed by atoms with Crippen molar-refractivity contribution in [2.45, 2.75) is 45.3 Å². The van der Waals surface area contributed by atoms with Gasteiger partial charge in [-0.25, -0.2) is 4.79 Å². The molecule has 0 radical (unpaired) electrons. The van der Waals surface area contributed by atoms with E-state index in [4.69, 9.17) is 32.7 Å². The first kappa shape index (κ1) is 20.6. The van der Waals surface area contributed by atoms with Crippen molar-refractivity contribution in [2.75, 3.05) is 19.7 Å². The van der Waals surface area contributed by atoms with Crippen LogP contribution in [0.5, 0.6) is 5.75 Å². The number of nitrogens with zero attached hydrogens (tertiary/aromatic N) is 1. The maximum atomic E-state index is 12.3. The number of halogens is 2. The molecule has 1 fully saturated rings. The third-order valence-electron chi connectivity index (χ3n) is 3.74. The van der Waals surface area contributed by atoms with Crippen LogP contribution in [-0.4, -0.2) is 48.2 Å². The topological polar surface area (TPSA) is 67.9 Å². The minimum absolute atomic E-state index is 0.0906. The van der Waals surface area contributed by atoms with E-state index in [9.17, 15) is 9.59 Å². The number of hydrogen-bond acceptors (Lipinski definition) is 4. The molecule has 0 bridgehead atoms. The van der Waals surface area contributed by atoms with Gasteiger partial charge >= 0.3 is 6.09 Å². The highest BCUT2D eigenvalue weighted by Gasteiger charge is 2.26. The van der Waals surface area contributed by atoms with Crippen LogP contribution in [0.15, 0.2) is 18.2 Å². The summed E-state index contributed by atoms with van der Waals surface area (Å²) in [7, 11) is 0. The molecule has 0 aromatic heterocycles. The van der Waals surface area contributed by atoms with E-state index in [1.807, 2.05) is 20.8 Å². The molecule has 0 spiro atoms. The number of likely N-dealkylation sites (tertiary alicyclic amines) is 1. The van der Waals surface area contributed by atoms with Crippen LogP contribution >= 0.6 is 23.2 Å². The second kappa shape index (κ2) is 8.82. The first-order valence-corrected chi connectivity index (χ1v) is 9.23. The molecule has 6 nitrogen and oxygen atoms in total. The first-order valence-electron chi connectivity index (χ1n) is 8.48. The van der Waals surface area contributed by atoms with E-state index >= 15 is 0 Å². The molecule has 0 atom stereocenters. The van der Waals surface area contributed by atoms with Crippen molar-refractivity contribution in [1.82, 2.24) is 10.2 Å². The van der Waals surface area contributed by atoms with Gasteiger partial charge in [0.25, 0.3) is 5.91 Å². The molecule has 1 heterocycles. The van der Waals surface area contributed by atoms with Gasteiger partial charge in [-0.15, -0.1) is 0 Å². The predicted octanol–water partition coefficient (Wildman–Crippen LogP) is 3.89. The van der Waals surface area contributed by atoms with E-state index in [2.05, 4.69) is 5.32 Å². The summed E-state index contributed by atoms with van der Waals surface area (Å²) in [5, 5.41) is 3.67. The van der Waals surface area contributed by atoms with Gasteiger partial charge < -0.3 is 19.7 Å². The summed E-state index contributed by atoms with van der Waals surface area (Å²) in [6.07, 6.45) is 0.594. The molecule has 1 aromatic rings. The zero-order valence-electron chi connectivity index (χ0n) is 15.2. The highest BCUT2D eigenvalue weighted by atomic mass is 35.5. The van der Waals surface area contributed by atoms with E-state index < -0.39 is 6.09 Å². The van der Waals surface area contributed by atoms with Crippen molar-refractivity contribution in [1.29, 1.82) is 0 Å². The summed E-state index contributed by atoms with van der Waals surface area (Å²) in [4.78, 5) is 25.8. The average Bonchev–Trinajstić information content (AvgIpc) is 2.50. The van der Waals surface area contributed by atoms with Crippen molar-refractivity contribution < 1.29 is 19.1 Å². The number of rotatable bonds is 4. The van der Waals surface area contributed by atoms with Gasteiger partial charge in [-0.1, -0.05) is 23.2 Å². The summed E-state index contributed by atoms with van der Waals surface area (Å²) in [5.74, 6) is 0.326. The van der Waals surface area contributed by atoms with Gasteiger partial charge in [0.15, 0.2) is 6.61 Å². The van der Waals surface area contributed by atoms with Gasteiger partial charge in [-0.3, -0.25) is 4.79 Å². The number of carbonyl (C=O) groups is 2. The second-order valence-electron chi connectivity index (χ2n) is 7.25. The van der Waals surface area contributed by atoms with Gasteiger partial charge in [-0.05, 0) is 39.0 Å². The van der Waals surface area contributed by atoms with Crippen molar-refractivity contribution in [3.05, 3.63) is 28.2 Å². The van der Waals surface area contributed by atoms with Crippen LogP contribution < -0.4 is 10.1 Å². The lowest BCUT2D eigenvalue weighted by molar-refractivity contribution is -0.135. The Morgan fingerprint density at radius 3 is 2.27 bits per heavy atom. The highest BCUT2D eigenvalue weighted by molar-refractivity contribution is 6.34. The summed E-state index contributed by atoms with van der Waals surface area (Å²) >= 11 is 11.8. The van der Waals surface area contributed by atoms with Crippen LogP contribution in [0, 0.1) is 0 Å². The monoisotopic (exact) mass is 402 g/mol. The SMILES string of the molecule is CC(C)(C)NC(=O)OC1CCN(C(=O)COc2cc(Cl)cc(Cl)c2)CC1. The molecular formula is C18H24Cl2N2O4. The van der Waals surface area contributed by atoms with Crippen molar-refractivity contribution >= 4 is 35.2 Å². The molecule has 1 aliphatic rings. The number of carbonyl (C=O) groups excluding carboxylic acids is 2. The number of ether oxygens (including phenoxy) is 2. The molecule has 1 saturated heterocycles. The minimum Gasteiger partial charge on any atom is -0.484 e. The number of hydrogen-bond donors (Lipinski definition) is 1. The van der Waals surface area contributed by atoms with Crippen LogP contribution in [0.4, 0.5) is 4.79 Å². The van der Waals surface area contributed by atoms with Gasteiger partial charge in [0.1, 0.15) is 11.9 Å². The van der Waals surface area contributed by atoms with Crippen LogP contribution in [0.3, 0.4) is 0 Å². The lowest BCUT2D eigenvalue weighted by Crippen LogP contribution is -2.46. The Bertz CT molecular complexity index is 633. The molecule has 1 N–H and O–H groups in total. The third-order valence-corrected chi connectivity index (χ3v) is 4.18. The second-order valence-corrected chi connectivity index (χ2v) is 8.13. The lowest BCUT2D eigenvalue weighted by Gasteiger charge is -2.32. The Morgan fingerprint density at radius 1 is 1.15 bits per heavy atom. The number of benzene rings is 1. The molecule has 1 aromatic carbocycles. The Kier molecular flexibility index (Phi) is 7.01. The Morgan fingerprint density at radius 2 is 1.73 bits per heavy atom. The fourth-order valence-corrected chi connectivity index (χ4v) is 3.06. The van der Waals surface area contributed by atoms with Crippen LogP contribution in [-0.2, 0) is 9.53 Å². The molecule has 0 saturated carbocycles. The zero-order chi connectivity index (χ0) is 19.3. The summed E-state index contributed by atoms with van der Waals surface area (Å²) in [6, 6.07) is 4.81. The van der Waals surface area contributed by atoms with Crippen molar-refractivity contribution in [3.8, 4) is 5.75 Å². The van der Waals surface area contributed by atoms with Gasteiger partial charge in [-0.2, -0.15) is 0 Å². The average molecular weight is 403 g/mol. The van der Waals surface area contributed by atoms with E-state index in [0.29, 0.717) is 41.7 Å². The van der Waals surface area contributed by atoms with E-state index in [1.54, 1.807) is 23.1 Å². The Labute approximate surface area is 163 Å². The predicted molar refractivity (Wildman–Crippen MR) is 101 cm³/mol. The molecule has 144 valence electrons. The summed E-state index contributed by atoms with van der Waals surface area (Å²) in [5.41, 5.74) is -0.339. The standard InChI is InChI=1S/C18H24Cl2N2O4/c1-18(2,3)21-17(24)26-14-4-6-22(7-5-14)16(23)11-25-15-9-12(19)8-13(20)10-15/h8-10,14H,4-7,11H2,1-3H3,(H,21,24). The van der Waals surface area contributed by atoms with Crippen LogP contribution in [0.25, 0.3) is 0 Å². The molecule has 2 rings (SSSR count). The fraction of sp³-hybridized carbons (Fsp3) is 0.556. The first-order chi connectivity index (χ1) is 12.1. The molecule has 2 amide bonds. The largest absolute Gasteiger partial charge is 0.484 e. The summed E-state index contributed by atoms with van der Waals surface area (Å²) < 4.78 is 10.9. The Balaban J connectivity index is 1.75. The summed E-state index contributed by atoms with van der Waals surface area (Å²) in [6.45, 7) is 6.62. The molecule has 8 heteroatoms. The molecule has 1 aliphatic heterocycles. The van der Waals surface area contributed by atoms with Crippen molar-refractivity contribution in [2.24, 2.45) is 0 Å². The normalized spacial score (nSPS) is 15.5. The number of piperidine rings is 1. The van der Waals surface area contributed by atoms with E-state index in [0.717, 1.165) is 0 Å². The molecule has 26 heavy (non-hydrogen) atoms. The number of nitrogens with one attached hydrogen (secondary N) is 1. The molecule has 0 unspecified atom stereocenters. The van der Waals surface area contributed by atoms with Crippen LogP contribution in [0.1, 0.15) is 33.6 Å². The minimum atomic E-state index is -0.427. The molecular weight excluding hydrogens is 379 g/mol. The smallest absolute Gasteiger partial charge is 0.407 e. The van der Waals surface area contributed by atoms with Crippen molar-refractivity contribution in [3.63, 3.8) is 0 Å². The van der Waals surface area contributed by atoms with Gasteiger partial charge in [0.05, 0.1) is 0 Å². The van der Waals surface area contributed by atoms with Gasteiger partial charge in [0.2, 0.25) is 0 Å². The highest BCUT2D eigenvalue weighted by Crippen LogP contribution is 2.24. The number of alkyl carbamates (subject to hydrolysis) is 1. The fourth-order valence-electron chi connectivity index (χ4n) is 2.56. The van der Waals surface area contributed by atoms with E-state index in [1.165, 1.54) is 0 Å². The third kappa shape index (κ3) is 6.92. The molecule has 0 aliphatic carbocycles. The maximum absolute atomic E-state index is 12.3. The lowest BCUT2D eigenvalue weighted by atomic mass is 10.1. The number of amides is 2. The van der Waals surface area contributed by atoms with Crippen LogP contribution in [0.2, 0.25) is 10.0 Å². The zero-order valence-corrected chi connectivity index (χ0v) is 16.7. The maximum Gasteiger partial charge on any atom is 0.407 e. The van der Waals surface area contributed by atoms with Gasteiger partial charge in [0, 0.05) is 41.5 Å². The van der Waals surface area contributed by atoms with E-state index in [-0.39, 0.29) is 24.2 Å².